The molecule has 4 amide bonds. The minimum atomic E-state index is -1.02. The second kappa shape index (κ2) is 6.86. The number of hydrogen-bond acceptors (Lipinski definition) is 3. The Labute approximate surface area is 119 Å². The fourth-order valence-electron chi connectivity index (χ4n) is 3.25. The Morgan fingerprint density at radius 2 is 0.950 bits per heavy atom. The fraction of sp³-hybridized carbons (Fsp3) is 0.800. The van der Waals surface area contributed by atoms with Crippen LogP contribution in [0, 0.1) is 5.41 Å². The molecular formula is C15H24N2O3. The van der Waals surface area contributed by atoms with Crippen LogP contribution in [0.1, 0.15) is 70.6 Å². The van der Waals surface area contributed by atoms with Gasteiger partial charge in [-0.3, -0.25) is 20.2 Å². The van der Waals surface area contributed by atoms with Crippen molar-refractivity contribution >= 4 is 17.8 Å². The van der Waals surface area contributed by atoms with Gasteiger partial charge in [-0.15, -0.1) is 0 Å². The molecule has 0 unspecified atom stereocenters. The lowest BCUT2D eigenvalue weighted by Crippen LogP contribution is -2.62. The van der Waals surface area contributed by atoms with Gasteiger partial charge < -0.3 is 0 Å². The van der Waals surface area contributed by atoms with Crippen LogP contribution < -0.4 is 10.6 Å². The lowest BCUT2D eigenvalue weighted by Gasteiger charge is -2.34. The van der Waals surface area contributed by atoms with E-state index >= 15 is 0 Å². The molecule has 112 valence electrons. The van der Waals surface area contributed by atoms with Gasteiger partial charge in [-0.1, -0.05) is 57.8 Å². The van der Waals surface area contributed by atoms with Crippen molar-refractivity contribution in [3.05, 3.63) is 0 Å². The number of carbonyl (C=O) groups excluding carboxylic acids is 3. The first kappa shape index (κ1) is 15.0. The standard InChI is InChI=1S/C15H24N2O3/c18-12-15(13(19)17-14(20)16-12)10-8-6-4-2-1-3-5-7-9-11-15/h1-11H2,(H2,16,17,18,19,20). The molecule has 1 aliphatic heterocycles. The van der Waals surface area contributed by atoms with Crippen molar-refractivity contribution in [2.24, 2.45) is 5.41 Å². The van der Waals surface area contributed by atoms with Crippen molar-refractivity contribution in [1.29, 1.82) is 0 Å². The number of imide groups is 2. The Morgan fingerprint density at radius 1 is 0.600 bits per heavy atom. The molecule has 5 nitrogen and oxygen atoms in total. The highest BCUT2D eigenvalue weighted by molar-refractivity contribution is 6.19. The van der Waals surface area contributed by atoms with Crippen molar-refractivity contribution < 1.29 is 14.4 Å². The average Bonchev–Trinajstić information content (AvgIpc) is 2.38. The molecule has 2 fully saturated rings. The summed E-state index contributed by atoms with van der Waals surface area (Å²) in [6, 6.07) is -0.684. The van der Waals surface area contributed by atoms with Crippen molar-refractivity contribution in [2.45, 2.75) is 70.6 Å². The van der Waals surface area contributed by atoms with Gasteiger partial charge >= 0.3 is 6.03 Å². The summed E-state index contributed by atoms with van der Waals surface area (Å²) in [7, 11) is 0. The minimum absolute atomic E-state index is 0.400. The summed E-state index contributed by atoms with van der Waals surface area (Å²) < 4.78 is 0. The molecule has 0 atom stereocenters. The first-order valence-electron chi connectivity index (χ1n) is 7.82. The number of urea groups is 1. The largest absolute Gasteiger partial charge is 0.328 e. The lowest BCUT2D eigenvalue weighted by molar-refractivity contribution is -0.145. The van der Waals surface area contributed by atoms with Gasteiger partial charge in [0, 0.05) is 0 Å². The van der Waals surface area contributed by atoms with Crippen LogP contribution in [0.25, 0.3) is 0 Å². The van der Waals surface area contributed by atoms with Crippen LogP contribution in [0.2, 0.25) is 0 Å². The van der Waals surface area contributed by atoms with Crippen LogP contribution in [-0.4, -0.2) is 17.8 Å². The van der Waals surface area contributed by atoms with E-state index in [2.05, 4.69) is 10.6 Å². The van der Waals surface area contributed by atoms with Crippen molar-refractivity contribution in [1.82, 2.24) is 10.6 Å². The molecule has 20 heavy (non-hydrogen) atoms. The first-order chi connectivity index (χ1) is 9.65. The van der Waals surface area contributed by atoms with Crippen LogP contribution in [0.3, 0.4) is 0 Å². The fourth-order valence-corrected chi connectivity index (χ4v) is 3.25. The van der Waals surface area contributed by atoms with E-state index < -0.39 is 23.3 Å². The molecule has 1 heterocycles. The molecule has 0 aromatic heterocycles. The highest BCUT2D eigenvalue weighted by atomic mass is 16.2. The van der Waals surface area contributed by atoms with E-state index in [0.29, 0.717) is 12.8 Å². The Bertz CT molecular complexity index is 359. The zero-order chi connectivity index (χ0) is 14.4. The Kier molecular flexibility index (Phi) is 5.15. The van der Waals surface area contributed by atoms with E-state index in [4.69, 9.17) is 0 Å². The monoisotopic (exact) mass is 280 g/mol. The maximum Gasteiger partial charge on any atom is 0.328 e. The molecule has 1 saturated heterocycles. The molecule has 0 radical (unpaired) electrons. The lowest BCUT2D eigenvalue weighted by atomic mass is 9.75. The predicted molar refractivity (Wildman–Crippen MR) is 74.9 cm³/mol. The van der Waals surface area contributed by atoms with Gasteiger partial charge in [-0.25, -0.2) is 4.79 Å². The maximum absolute atomic E-state index is 12.2. The summed E-state index contributed by atoms with van der Waals surface area (Å²) in [5, 5.41) is 4.55. The summed E-state index contributed by atoms with van der Waals surface area (Å²) in [4.78, 5) is 35.7. The van der Waals surface area contributed by atoms with Crippen LogP contribution in [0.5, 0.6) is 0 Å². The summed E-state index contributed by atoms with van der Waals surface area (Å²) in [6.45, 7) is 0. The van der Waals surface area contributed by atoms with Crippen molar-refractivity contribution in [3.63, 3.8) is 0 Å². The van der Waals surface area contributed by atoms with Gasteiger partial charge in [0.1, 0.15) is 5.41 Å². The van der Waals surface area contributed by atoms with Gasteiger partial charge in [0.25, 0.3) is 0 Å². The number of hydrogen-bond donors (Lipinski definition) is 2. The average molecular weight is 280 g/mol. The van der Waals surface area contributed by atoms with Gasteiger partial charge in [0.2, 0.25) is 11.8 Å². The van der Waals surface area contributed by atoms with E-state index in [1.165, 1.54) is 19.3 Å². The van der Waals surface area contributed by atoms with Crippen LogP contribution in [-0.2, 0) is 9.59 Å². The van der Waals surface area contributed by atoms with Crippen molar-refractivity contribution in [2.75, 3.05) is 0 Å². The molecule has 0 aromatic carbocycles. The Morgan fingerprint density at radius 3 is 1.35 bits per heavy atom. The molecule has 1 spiro atoms. The molecule has 1 aliphatic carbocycles. The third-order valence-corrected chi connectivity index (χ3v) is 4.53. The van der Waals surface area contributed by atoms with Crippen molar-refractivity contribution in [3.8, 4) is 0 Å². The summed E-state index contributed by atoms with van der Waals surface area (Å²) in [6.07, 6.45) is 11.1. The van der Waals surface area contributed by atoms with E-state index in [9.17, 15) is 14.4 Å². The maximum atomic E-state index is 12.2. The number of rotatable bonds is 0. The van der Waals surface area contributed by atoms with Gasteiger partial charge in [0.15, 0.2) is 0 Å². The summed E-state index contributed by atoms with van der Waals surface area (Å²) in [5.41, 5.74) is -1.02. The third-order valence-electron chi connectivity index (χ3n) is 4.53. The molecule has 2 N–H and O–H groups in total. The summed E-state index contributed by atoms with van der Waals surface area (Å²) >= 11 is 0. The number of amides is 4. The SMILES string of the molecule is O=C1NC(=O)C2(CCCCCCCCCCC2)C(=O)N1. The zero-order valence-electron chi connectivity index (χ0n) is 12.0. The second-order valence-corrected chi connectivity index (χ2v) is 6.00. The zero-order valence-corrected chi connectivity index (χ0v) is 12.0. The summed E-state index contributed by atoms with van der Waals surface area (Å²) in [5.74, 6) is -0.799. The molecule has 0 bridgehead atoms. The normalized spacial score (nSPS) is 25.3. The smallest absolute Gasteiger partial charge is 0.277 e. The van der Waals surface area contributed by atoms with Crippen LogP contribution in [0.15, 0.2) is 0 Å². The van der Waals surface area contributed by atoms with Crippen LogP contribution in [0.4, 0.5) is 4.79 Å². The molecule has 5 heteroatoms. The molecular weight excluding hydrogens is 256 g/mol. The van der Waals surface area contributed by atoms with E-state index in [1.807, 2.05) is 0 Å². The molecule has 2 aliphatic rings. The van der Waals surface area contributed by atoms with Crippen LogP contribution >= 0.6 is 0 Å². The highest BCUT2D eigenvalue weighted by Gasteiger charge is 2.48. The third kappa shape index (κ3) is 3.38. The van der Waals surface area contributed by atoms with Gasteiger partial charge in [-0.05, 0) is 12.8 Å². The quantitative estimate of drug-likeness (QED) is 0.670. The molecule has 2 rings (SSSR count). The van der Waals surface area contributed by atoms with E-state index in [-0.39, 0.29) is 0 Å². The molecule has 0 aromatic rings. The Hall–Kier alpha value is -1.39. The Balaban J connectivity index is 2.08. The first-order valence-corrected chi connectivity index (χ1v) is 7.82. The highest BCUT2D eigenvalue weighted by Crippen LogP contribution is 2.34. The topological polar surface area (TPSA) is 75.3 Å². The van der Waals surface area contributed by atoms with Gasteiger partial charge in [0.05, 0.1) is 0 Å². The van der Waals surface area contributed by atoms with E-state index in [1.54, 1.807) is 0 Å². The minimum Gasteiger partial charge on any atom is -0.277 e. The number of nitrogens with one attached hydrogen (secondary N) is 2. The predicted octanol–water partition coefficient (Wildman–Crippen LogP) is 2.64. The number of barbiturate groups is 1. The second-order valence-electron chi connectivity index (χ2n) is 6.00. The van der Waals surface area contributed by atoms with Gasteiger partial charge in [-0.2, -0.15) is 0 Å². The number of carbonyl (C=O) groups is 3. The molecule has 1 saturated carbocycles. The van der Waals surface area contributed by atoms with E-state index in [0.717, 1.165) is 38.5 Å².